The van der Waals surface area contributed by atoms with Crippen molar-refractivity contribution in [1.82, 2.24) is 20.1 Å². The molecule has 7 heteroatoms. The molecule has 0 radical (unpaired) electrons. The minimum Gasteiger partial charge on any atom is -0.497 e. The van der Waals surface area contributed by atoms with E-state index in [0.29, 0.717) is 22.8 Å². The molecule has 2 heterocycles. The first-order valence-corrected chi connectivity index (χ1v) is 10.5. The Hall–Kier alpha value is -3.87. The molecule has 1 amide bonds. The summed E-state index contributed by atoms with van der Waals surface area (Å²) in [7, 11) is 3.22. The first-order chi connectivity index (χ1) is 15.5. The molecule has 1 atom stereocenters. The Kier molecular flexibility index (Phi) is 6.07. The highest BCUT2D eigenvalue weighted by molar-refractivity contribution is 6.07. The second kappa shape index (κ2) is 9.09. The molecule has 0 aliphatic heterocycles. The largest absolute Gasteiger partial charge is 0.497 e. The van der Waals surface area contributed by atoms with Crippen LogP contribution in [0.5, 0.6) is 11.5 Å². The van der Waals surface area contributed by atoms with E-state index in [1.165, 1.54) is 0 Å². The molecule has 1 unspecified atom stereocenters. The Balaban J connectivity index is 1.72. The van der Waals surface area contributed by atoms with E-state index in [9.17, 15) is 4.79 Å². The van der Waals surface area contributed by atoms with Gasteiger partial charge in [0.15, 0.2) is 0 Å². The van der Waals surface area contributed by atoms with Gasteiger partial charge in [0.05, 0.1) is 43.2 Å². The second-order valence-corrected chi connectivity index (χ2v) is 7.46. The Morgan fingerprint density at radius 3 is 2.66 bits per heavy atom. The predicted octanol–water partition coefficient (Wildman–Crippen LogP) is 4.63. The summed E-state index contributed by atoms with van der Waals surface area (Å²) < 4.78 is 12.7. The van der Waals surface area contributed by atoms with Crippen molar-refractivity contribution >= 4 is 16.8 Å². The number of fused-ring (bicyclic) bond motifs is 1. The van der Waals surface area contributed by atoms with Gasteiger partial charge in [-0.1, -0.05) is 18.2 Å². The number of amides is 1. The number of methoxy groups -OCH3 is 2. The lowest BCUT2D eigenvalue weighted by Gasteiger charge is -2.19. The minimum absolute atomic E-state index is 0.190. The standard InChI is InChI=1S/C25H26N4O3/c1-5-29-15-17(14-26-29)23-13-21(19-8-6-7-9-22(19)28-23)25(30)27-16(2)20-12-18(31-3)10-11-24(20)32-4/h6-16H,5H2,1-4H3,(H,27,30). The Morgan fingerprint density at radius 1 is 1.12 bits per heavy atom. The van der Waals surface area contributed by atoms with Crippen molar-refractivity contribution in [3.8, 4) is 22.8 Å². The van der Waals surface area contributed by atoms with Crippen LogP contribution in [-0.4, -0.2) is 34.9 Å². The monoisotopic (exact) mass is 430 g/mol. The van der Waals surface area contributed by atoms with Crippen LogP contribution in [0.3, 0.4) is 0 Å². The molecule has 0 aliphatic carbocycles. The van der Waals surface area contributed by atoms with E-state index in [1.54, 1.807) is 20.4 Å². The molecule has 0 spiro atoms. The zero-order chi connectivity index (χ0) is 22.7. The first-order valence-electron chi connectivity index (χ1n) is 10.5. The van der Waals surface area contributed by atoms with Crippen LogP contribution in [0, 0.1) is 0 Å². The second-order valence-electron chi connectivity index (χ2n) is 7.46. The molecule has 2 aromatic carbocycles. The third kappa shape index (κ3) is 4.14. The summed E-state index contributed by atoms with van der Waals surface area (Å²) in [5, 5.41) is 8.24. The highest BCUT2D eigenvalue weighted by atomic mass is 16.5. The van der Waals surface area contributed by atoms with E-state index in [1.807, 2.05) is 73.3 Å². The average Bonchev–Trinajstić information content (AvgIpc) is 3.32. The quantitative estimate of drug-likeness (QED) is 0.463. The summed E-state index contributed by atoms with van der Waals surface area (Å²) in [6, 6.07) is 14.7. The van der Waals surface area contributed by atoms with Gasteiger partial charge in [0.1, 0.15) is 11.5 Å². The Labute approximate surface area is 187 Å². The number of benzene rings is 2. The van der Waals surface area contributed by atoms with Gasteiger partial charge in [0, 0.05) is 29.3 Å². The normalized spacial score (nSPS) is 11.9. The minimum atomic E-state index is -0.300. The van der Waals surface area contributed by atoms with Crippen LogP contribution in [0.4, 0.5) is 0 Å². The summed E-state index contributed by atoms with van der Waals surface area (Å²) in [6.07, 6.45) is 3.70. The van der Waals surface area contributed by atoms with E-state index in [-0.39, 0.29) is 11.9 Å². The highest BCUT2D eigenvalue weighted by Gasteiger charge is 2.19. The van der Waals surface area contributed by atoms with Crippen LogP contribution in [0.25, 0.3) is 22.2 Å². The maximum absolute atomic E-state index is 13.4. The van der Waals surface area contributed by atoms with E-state index in [0.717, 1.165) is 28.6 Å². The molecule has 1 N–H and O–H groups in total. The molecular formula is C25H26N4O3. The van der Waals surface area contributed by atoms with Gasteiger partial charge in [-0.15, -0.1) is 0 Å². The topological polar surface area (TPSA) is 78.3 Å². The van der Waals surface area contributed by atoms with Crippen LogP contribution in [-0.2, 0) is 6.54 Å². The fourth-order valence-corrected chi connectivity index (χ4v) is 3.71. The predicted molar refractivity (Wildman–Crippen MR) is 124 cm³/mol. The summed E-state index contributed by atoms with van der Waals surface area (Å²) >= 11 is 0. The van der Waals surface area contributed by atoms with Crippen LogP contribution in [0.1, 0.15) is 35.8 Å². The number of para-hydroxylation sites is 1. The molecule has 2 aromatic heterocycles. The number of aryl methyl sites for hydroxylation is 1. The van der Waals surface area contributed by atoms with Crippen molar-refractivity contribution in [2.24, 2.45) is 0 Å². The Bertz CT molecular complexity index is 1270. The number of nitrogens with one attached hydrogen (secondary N) is 1. The number of ether oxygens (including phenoxy) is 2. The van der Waals surface area contributed by atoms with E-state index < -0.39 is 0 Å². The maximum atomic E-state index is 13.4. The zero-order valence-corrected chi connectivity index (χ0v) is 18.6. The van der Waals surface area contributed by atoms with E-state index >= 15 is 0 Å². The van der Waals surface area contributed by atoms with Gasteiger partial charge < -0.3 is 14.8 Å². The van der Waals surface area contributed by atoms with Crippen molar-refractivity contribution in [3.63, 3.8) is 0 Å². The summed E-state index contributed by atoms with van der Waals surface area (Å²) in [5.41, 5.74) is 3.73. The van der Waals surface area contributed by atoms with Crippen molar-refractivity contribution in [3.05, 3.63) is 72.1 Å². The first kappa shape index (κ1) is 21.4. The molecule has 164 valence electrons. The molecule has 0 aliphatic rings. The number of nitrogens with zero attached hydrogens (tertiary/aromatic N) is 3. The molecule has 4 aromatic rings. The van der Waals surface area contributed by atoms with Gasteiger partial charge in [-0.2, -0.15) is 5.10 Å². The summed E-state index contributed by atoms with van der Waals surface area (Å²) in [5.74, 6) is 1.20. The molecule has 0 saturated carbocycles. The number of hydrogen-bond donors (Lipinski definition) is 1. The highest BCUT2D eigenvalue weighted by Crippen LogP contribution is 2.30. The van der Waals surface area contributed by atoms with Crippen molar-refractivity contribution in [1.29, 1.82) is 0 Å². The molecule has 0 bridgehead atoms. The summed E-state index contributed by atoms with van der Waals surface area (Å²) in [4.78, 5) is 18.2. The fraction of sp³-hybridized carbons (Fsp3) is 0.240. The fourth-order valence-electron chi connectivity index (χ4n) is 3.71. The SMILES string of the molecule is CCn1cc(-c2cc(C(=O)NC(C)c3cc(OC)ccc3OC)c3ccccc3n2)cn1. The van der Waals surface area contributed by atoms with Crippen LogP contribution in [0.2, 0.25) is 0 Å². The lowest BCUT2D eigenvalue weighted by atomic mass is 10.0. The molecule has 32 heavy (non-hydrogen) atoms. The third-order valence-electron chi connectivity index (χ3n) is 5.46. The Morgan fingerprint density at radius 2 is 1.94 bits per heavy atom. The van der Waals surface area contributed by atoms with Crippen molar-refractivity contribution < 1.29 is 14.3 Å². The number of hydrogen-bond acceptors (Lipinski definition) is 5. The number of carbonyl (C=O) groups excluding carboxylic acids is 1. The van der Waals surface area contributed by atoms with Gasteiger partial charge in [-0.3, -0.25) is 9.48 Å². The van der Waals surface area contributed by atoms with Gasteiger partial charge in [-0.05, 0) is 44.2 Å². The van der Waals surface area contributed by atoms with Crippen LogP contribution >= 0.6 is 0 Å². The number of aromatic nitrogens is 3. The molecule has 4 rings (SSSR count). The molecule has 7 nitrogen and oxygen atoms in total. The zero-order valence-electron chi connectivity index (χ0n) is 18.6. The third-order valence-corrected chi connectivity index (χ3v) is 5.46. The van der Waals surface area contributed by atoms with Crippen molar-refractivity contribution in [2.75, 3.05) is 14.2 Å². The molecule has 0 fully saturated rings. The van der Waals surface area contributed by atoms with Gasteiger partial charge >= 0.3 is 0 Å². The summed E-state index contributed by atoms with van der Waals surface area (Å²) in [6.45, 7) is 4.71. The smallest absolute Gasteiger partial charge is 0.252 e. The van der Waals surface area contributed by atoms with Gasteiger partial charge in [0.2, 0.25) is 0 Å². The van der Waals surface area contributed by atoms with E-state index in [4.69, 9.17) is 14.5 Å². The van der Waals surface area contributed by atoms with Gasteiger partial charge in [-0.25, -0.2) is 4.98 Å². The van der Waals surface area contributed by atoms with Gasteiger partial charge in [0.25, 0.3) is 5.91 Å². The number of carbonyl (C=O) groups is 1. The lowest BCUT2D eigenvalue weighted by Crippen LogP contribution is -2.27. The van der Waals surface area contributed by atoms with Crippen LogP contribution in [0.15, 0.2) is 60.9 Å². The van der Waals surface area contributed by atoms with E-state index in [2.05, 4.69) is 10.4 Å². The van der Waals surface area contributed by atoms with Crippen molar-refractivity contribution in [2.45, 2.75) is 26.4 Å². The number of rotatable bonds is 7. The molecule has 0 saturated heterocycles. The average molecular weight is 431 g/mol. The van der Waals surface area contributed by atoms with Crippen LogP contribution < -0.4 is 14.8 Å². The molecular weight excluding hydrogens is 404 g/mol. The lowest BCUT2D eigenvalue weighted by molar-refractivity contribution is 0.0941. The number of pyridine rings is 1. The maximum Gasteiger partial charge on any atom is 0.252 e.